The lowest BCUT2D eigenvalue weighted by Gasteiger charge is -2.13. The smallest absolute Gasteiger partial charge is 0.0380 e. The van der Waals surface area contributed by atoms with Crippen molar-refractivity contribution in [2.75, 3.05) is 5.32 Å². The molecule has 1 N–H and O–H groups in total. The predicted molar refractivity (Wildman–Crippen MR) is 201 cm³/mol. The summed E-state index contributed by atoms with van der Waals surface area (Å²) in [6.45, 7) is 6.36. The molecule has 0 unspecified atom stereocenters. The zero-order valence-corrected chi connectivity index (χ0v) is 26.7. The van der Waals surface area contributed by atoms with Gasteiger partial charge in [0.2, 0.25) is 0 Å². The molecule has 3 aliphatic rings. The quantitative estimate of drug-likeness (QED) is 0.269. The maximum atomic E-state index is 3.42. The summed E-state index contributed by atoms with van der Waals surface area (Å²) < 4.78 is 0. The Morgan fingerprint density at radius 2 is 1.39 bits per heavy atom. The van der Waals surface area contributed by atoms with Crippen LogP contribution >= 0.6 is 0 Å². The van der Waals surface area contributed by atoms with Gasteiger partial charge in [-0.3, -0.25) is 0 Å². The summed E-state index contributed by atoms with van der Waals surface area (Å²) in [6, 6.07) is 25.8. The van der Waals surface area contributed by atoms with Gasteiger partial charge in [0.25, 0.3) is 0 Å². The van der Waals surface area contributed by atoms with Crippen molar-refractivity contribution in [3.05, 3.63) is 215 Å². The highest BCUT2D eigenvalue weighted by Crippen LogP contribution is 2.35. The Kier molecular flexibility index (Phi) is 9.52. The molecule has 0 amide bonds. The van der Waals surface area contributed by atoms with Crippen LogP contribution < -0.4 is 5.32 Å². The third-order valence-corrected chi connectivity index (χ3v) is 8.26. The molecule has 0 bridgehead atoms. The Balaban J connectivity index is 1.17. The van der Waals surface area contributed by atoms with Crippen molar-refractivity contribution in [1.29, 1.82) is 0 Å². The van der Waals surface area contributed by atoms with Crippen molar-refractivity contribution in [2.45, 2.75) is 20.8 Å². The number of allylic oxidation sites excluding steroid dienone is 23. The first-order valence-electron chi connectivity index (χ1n) is 15.9. The molecule has 3 aromatic carbocycles. The predicted octanol–water partition coefficient (Wildman–Crippen LogP) is 12.2. The molecule has 0 heterocycles. The largest absolute Gasteiger partial charge is 0.361 e. The van der Waals surface area contributed by atoms with Gasteiger partial charge in [-0.05, 0) is 106 Å². The first-order chi connectivity index (χ1) is 22.6. The van der Waals surface area contributed by atoms with Gasteiger partial charge >= 0.3 is 0 Å². The van der Waals surface area contributed by atoms with Crippen LogP contribution in [-0.2, 0) is 0 Å². The monoisotopic (exact) mass is 593 g/mol. The summed E-state index contributed by atoms with van der Waals surface area (Å²) in [4.78, 5) is 0. The van der Waals surface area contributed by atoms with Crippen LogP contribution in [0.25, 0.3) is 27.8 Å². The van der Waals surface area contributed by atoms with Crippen LogP contribution in [-0.4, -0.2) is 0 Å². The Labute approximate surface area is 274 Å². The molecular formula is C45H39N. The molecule has 6 rings (SSSR count). The summed E-state index contributed by atoms with van der Waals surface area (Å²) in [6.07, 6.45) is 36.9. The van der Waals surface area contributed by atoms with Gasteiger partial charge in [0.1, 0.15) is 0 Å². The SMILES string of the molecule is C/C=C1/C=CC=C(\C=C/C=C\C(C)=C\Nc2ccc(-c3ccccc3)cc2)c2ccc(C3=CC4=CC(C)=CC=CC4=CC=C3)cc21. The maximum absolute atomic E-state index is 3.42. The molecule has 1 heteroatoms. The highest BCUT2D eigenvalue weighted by molar-refractivity contribution is 5.92. The number of hydrogen-bond acceptors (Lipinski definition) is 1. The minimum atomic E-state index is 1.07. The van der Waals surface area contributed by atoms with E-state index in [0.717, 1.165) is 11.3 Å². The fourth-order valence-electron chi connectivity index (χ4n) is 5.75. The average molecular weight is 594 g/mol. The van der Waals surface area contributed by atoms with Crippen LogP contribution in [0.1, 0.15) is 37.5 Å². The second-order valence-corrected chi connectivity index (χ2v) is 11.6. The van der Waals surface area contributed by atoms with Gasteiger partial charge in [0, 0.05) is 11.9 Å². The van der Waals surface area contributed by atoms with Gasteiger partial charge in [-0.25, -0.2) is 0 Å². The van der Waals surface area contributed by atoms with Crippen molar-refractivity contribution in [2.24, 2.45) is 0 Å². The van der Waals surface area contributed by atoms with Crippen LogP contribution in [0, 0.1) is 0 Å². The summed E-state index contributed by atoms with van der Waals surface area (Å²) >= 11 is 0. The Bertz CT molecular complexity index is 1990. The third kappa shape index (κ3) is 7.34. The van der Waals surface area contributed by atoms with Gasteiger partial charge in [-0.1, -0.05) is 151 Å². The molecule has 0 spiro atoms. The number of rotatable bonds is 7. The Morgan fingerprint density at radius 3 is 2.22 bits per heavy atom. The van der Waals surface area contributed by atoms with Gasteiger partial charge < -0.3 is 5.32 Å². The molecule has 0 aliphatic heterocycles. The number of hydrogen-bond donors (Lipinski definition) is 1. The summed E-state index contributed by atoms with van der Waals surface area (Å²) in [5.74, 6) is 0. The number of nitrogens with one attached hydrogen (secondary N) is 1. The highest BCUT2D eigenvalue weighted by atomic mass is 14.8. The molecule has 0 aromatic heterocycles. The zero-order chi connectivity index (χ0) is 31.7. The number of benzene rings is 3. The zero-order valence-electron chi connectivity index (χ0n) is 26.7. The highest BCUT2D eigenvalue weighted by Gasteiger charge is 2.14. The van der Waals surface area contributed by atoms with E-state index >= 15 is 0 Å². The van der Waals surface area contributed by atoms with E-state index in [-0.39, 0.29) is 0 Å². The van der Waals surface area contributed by atoms with Crippen LogP contribution in [0.4, 0.5) is 5.69 Å². The average Bonchev–Trinajstić information content (AvgIpc) is 3.48. The van der Waals surface area contributed by atoms with E-state index in [9.17, 15) is 0 Å². The topological polar surface area (TPSA) is 12.0 Å². The van der Waals surface area contributed by atoms with Crippen molar-refractivity contribution < 1.29 is 0 Å². The summed E-state index contributed by atoms with van der Waals surface area (Å²) in [5.41, 5.74) is 15.7. The lowest BCUT2D eigenvalue weighted by atomic mass is 9.90. The van der Waals surface area contributed by atoms with E-state index in [4.69, 9.17) is 0 Å². The lowest BCUT2D eigenvalue weighted by molar-refractivity contribution is 1.46. The molecule has 0 radical (unpaired) electrons. The van der Waals surface area contributed by atoms with E-state index in [1.54, 1.807) is 0 Å². The standard InChI is InChI=1S/C45H39N/c1-4-35-18-11-21-39(17-9-8-13-34(3)32-46-43-26-23-38(24-27-43)36-15-6-5-7-16-36)44-28-25-41(31-45(35)44)40-22-12-20-37-19-10-14-33(2)29-42(37)30-40/h4-32,46H,1-3H3/b13-8-,17-9-,34-32+,35-4-. The third-order valence-electron chi connectivity index (χ3n) is 8.26. The molecule has 3 aromatic rings. The van der Waals surface area contributed by atoms with E-state index in [0.29, 0.717) is 0 Å². The Hall–Kier alpha value is -5.66. The van der Waals surface area contributed by atoms with E-state index in [1.165, 1.54) is 61.3 Å². The molecule has 46 heavy (non-hydrogen) atoms. The molecule has 0 saturated heterocycles. The second-order valence-electron chi connectivity index (χ2n) is 11.6. The molecule has 224 valence electrons. The molecule has 0 atom stereocenters. The first kappa shape index (κ1) is 30.4. The molecule has 0 saturated carbocycles. The first-order valence-corrected chi connectivity index (χ1v) is 15.9. The summed E-state index contributed by atoms with van der Waals surface area (Å²) in [7, 11) is 0. The molecular weight excluding hydrogens is 555 g/mol. The van der Waals surface area contributed by atoms with E-state index in [1.807, 2.05) is 12.3 Å². The van der Waals surface area contributed by atoms with Crippen LogP contribution in [0.3, 0.4) is 0 Å². The number of fused-ring (bicyclic) bond motifs is 2. The second kappa shape index (κ2) is 14.4. The van der Waals surface area contributed by atoms with Gasteiger partial charge in [0.15, 0.2) is 0 Å². The molecule has 1 nitrogen and oxygen atoms in total. The van der Waals surface area contributed by atoms with E-state index < -0.39 is 0 Å². The fourth-order valence-corrected chi connectivity index (χ4v) is 5.75. The minimum absolute atomic E-state index is 1.07. The van der Waals surface area contributed by atoms with Crippen molar-refractivity contribution in [3.8, 4) is 11.1 Å². The summed E-state index contributed by atoms with van der Waals surface area (Å²) in [5, 5.41) is 3.42. The lowest BCUT2D eigenvalue weighted by Crippen LogP contribution is -1.93. The maximum Gasteiger partial charge on any atom is 0.0380 e. The Morgan fingerprint density at radius 1 is 0.652 bits per heavy atom. The molecule has 3 aliphatic carbocycles. The van der Waals surface area contributed by atoms with E-state index in [2.05, 4.69) is 190 Å². The fraction of sp³-hybridized carbons (Fsp3) is 0.0667. The van der Waals surface area contributed by atoms with Crippen molar-refractivity contribution in [3.63, 3.8) is 0 Å². The van der Waals surface area contributed by atoms with Gasteiger partial charge in [-0.15, -0.1) is 0 Å². The number of anilines is 1. The van der Waals surface area contributed by atoms with Crippen LogP contribution in [0.2, 0.25) is 0 Å². The van der Waals surface area contributed by atoms with Crippen LogP contribution in [0.15, 0.2) is 199 Å². The van der Waals surface area contributed by atoms with Crippen molar-refractivity contribution in [1.82, 2.24) is 0 Å². The normalized spacial score (nSPS) is 17.0. The van der Waals surface area contributed by atoms with Crippen LogP contribution in [0.5, 0.6) is 0 Å². The molecule has 0 fully saturated rings. The minimum Gasteiger partial charge on any atom is -0.361 e. The van der Waals surface area contributed by atoms with Gasteiger partial charge in [0.05, 0.1) is 0 Å². The van der Waals surface area contributed by atoms with Crippen molar-refractivity contribution >= 4 is 22.4 Å². The van der Waals surface area contributed by atoms with Gasteiger partial charge in [-0.2, -0.15) is 0 Å².